The van der Waals surface area contributed by atoms with Gasteiger partial charge in [0.05, 0.1) is 0 Å². The normalized spacial score (nSPS) is 19.6. The lowest BCUT2D eigenvalue weighted by molar-refractivity contribution is 0.0210. The van der Waals surface area contributed by atoms with E-state index in [1.165, 1.54) is 17.5 Å². The molecule has 2 nitrogen and oxygen atoms in total. The van der Waals surface area contributed by atoms with Gasteiger partial charge in [0, 0.05) is 17.6 Å². The number of hydrogen-bond acceptors (Lipinski definition) is 2. The fourth-order valence-corrected chi connectivity index (χ4v) is 3.20. The van der Waals surface area contributed by atoms with Crippen LogP contribution in [-0.2, 0) is 0 Å². The van der Waals surface area contributed by atoms with E-state index in [1.807, 2.05) is 0 Å². The lowest BCUT2D eigenvalue weighted by atomic mass is 9.95. The molecule has 2 aromatic carbocycles. The van der Waals surface area contributed by atoms with Crippen LogP contribution >= 0.6 is 0 Å². The minimum absolute atomic E-state index is 0.358. The van der Waals surface area contributed by atoms with E-state index in [0.717, 1.165) is 12.2 Å². The number of hydrogen-bond donors (Lipinski definition) is 0. The van der Waals surface area contributed by atoms with Gasteiger partial charge >= 0.3 is 0 Å². The van der Waals surface area contributed by atoms with Crippen molar-refractivity contribution in [2.45, 2.75) is 38.8 Å². The molecular formula is C19H23NO. The maximum absolute atomic E-state index is 5.98. The third-order valence-corrected chi connectivity index (χ3v) is 4.39. The summed E-state index contributed by atoms with van der Waals surface area (Å²) in [7, 11) is 0. The maximum atomic E-state index is 5.98. The molecule has 2 aromatic rings. The van der Waals surface area contributed by atoms with E-state index in [0.29, 0.717) is 18.8 Å². The summed E-state index contributed by atoms with van der Waals surface area (Å²) in [5.41, 5.74) is 2.68. The van der Waals surface area contributed by atoms with Gasteiger partial charge in [0.25, 0.3) is 0 Å². The van der Waals surface area contributed by atoms with Crippen LogP contribution in [0.15, 0.2) is 54.6 Å². The number of ether oxygens (including phenoxy) is 1. The van der Waals surface area contributed by atoms with Crippen molar-refractivity contribution in [1.29, 1.82) is 0 Å². The van der Waals surface area contributed by atoms with Crippen molar-refractivity contribution in [2.75, 3.05) is 6.73 Å². The van der Waals surface area contributed by atoms with Crippen LogP contribution in [0.1, 0.15) is 49.9 Å². The van der Waals surface area contributed by atoms with Gasteiger partial charge in [-0.3, -0.25) is 4.90 Å². The molecule has 0 aromatic heterocycles. The van der Waals surface area contributed by atoms with Gasteiger partial charge in [-0.1, -0.05) is 61.9 Å². The van der Waals surface area contributed by atoms with Gasteiger partial charge in [-0.05, 0) is 25.0 Å². The second kappa shape index (κ2) is 6.31. The Morgan fingerprint density at radius 3 is 2.57 bits per heavy atom. The largest absolute Gasteiger partial charge is 0.478 e. The first-order valence-electron chi connectivity index (χ1n) is 7.83. The topological polar surface area (TPSA) is 12.5 Å². The molecule has 2 atom stereocenters. The standard InChI is InChI=1S/C19H23NO/c1-3-9-18-17-12-7-8-13-19(17)21-14-20(18)15(2)16-10-5-4-6-11-16/h4-8,10-13,15,18H,3,9,14H2,1-2H3/t15-,18-/m1/s1. The lowest BCUT2D eigenvalue weighted by Gasteiger charge is -2.40. The first-order valence-corrected chi connectivity index (χ1v) is 7.83. The molecule has 0 bridgehead atoms. The maximum Gasteiger partial charge on any atom is 0.143 e. The van der Waals surface area contributed by atoms with Crippen molar-refractivity contribution in [1.82, 2.24) is 4.90 Å². The van der Waals surface area contributed by atoms with Crippen LogP contribution in [0.25, 0.3) is 0 Å². The van der Waals surface area contributed by atoms with Gasteiger partial charge in [0.15, 0.2) is 0 Å². The van der Waals surface area contributed by atoms with Crippen LogP contribution in [0.3, 0.4) is 0 Å². The van der Waals surface area contributed by atoms with Crippen molar-refractivity contribution in [3.63, 3.8) is 0 Å². The van der Waals surface area contributed by atoms with Crippen molar-refractivity contribution in [2.24, 2.45) is 0 Å². The minimum atomic E-state index is 0.358. The third kappa shape index (κ3) is 2.81. The van der Waals surface area contributed by atoms with Crippen molar-refractivity contribution in [3.05, 3.63) is 65.7 Å². The van der Waals surface area contributed by atoms with Crippen LogP contribution in [0.5, 0.6) is 5.75 Å². The monoisotopic (exact) mass is 281 g/mol. The third-order valence-electron chi connectivity index (χ3n) is 4.39. The van der Waals surface area contributed by atoms with Crippen LogP contribution in [0.2, 0.25) is 0 Å². The van der Waals surface area contributed by atoms with Crippen molar-refractivity contribution >= 4 is 0 Å². The van der Waals surface area contributed by atoms with E-state index in [4.69, 9.17) is 4.74 Å². The van der Waals surface area contributed by atoms with E-state index in [9.17, 15) is 0 Å². The molecule has 0 fully saturated rings. The Hall–Kier alpha value is -1.80. The van der Waals surface area contributed by atoms with Gasteiger partial charge in [-0.25, -0.2) is 0 Å². The summed E-state index contributed by atoms with van der Waals surface area (Å²) in [5.74, 6) is 1.05. The predicted octanol–water partition coefficient (Wildman–Crippen LogP) is 4.94. The molecule has 110 valence electrons. The molecule has 3 rings (SSSR count). The van der Waals surface area contributed by atoms with Crippen LogP contribution < -0.4 is 4.74 Å². The van der Waals surface area contributed by atoms with Gasteiger partial charge in [0.2, 0.25) is 0 Å². The molecule has 1 aliphatic rings. The Morgan fingerprint density at radius 1 is 1.10 bits per heavy atom. The fraction of sp³-hybridized carbons (Fsp3) is 0.368. The first-order chi connectivity index (χ1) is 10.3. The van der Waals surface area contributed by atoms with E-state index < -0.39 is 0 Å². The molecule has 0 N–H and O–H groups in total. The summed E-state index contributed by atoms with van der Waals surface area (Å²) in [4.78, 5) is 2.47. The summed E-state index contributed by atoms with van der Waals surface area (Å²) in [6.45, 7) is 5.19. The zero-order valence-corrected chi connectivity index (χ0v) is 12.8. The molecule has 0 saturated carbocycles. The minimum Gasteiger partial charge on any atom is -0.478 e. The lowest BCUT2D eigenvalue weighted by Crippen LogP contribution is -2.38. The molecule has 0 radical (unpaired) electrons. The molecule has 0 spiro atoms. The van der Waals surface area contributed by atoms with Gasteiger partial charge < -0.3 is 4.74 Å². The summed E-state index contributed by atoms with van der Waals surface area (Å²) in [6, 6.07) is 20.0. The Bertz CT molecular complexity index is 581. The predicted molar refractivity (Wildman–Crippen MR) is 86.3 cm³/mol. The van der Waals surface area contributed by atoms with Crippen LogP contribution in [-0.4, -0.2) is 11.6 Å². The quantitative estimate of drug-likeness (QED) is 0.787. The molecule has 0 unspecified atom stereocenters. The highest BCUT2D eigenvalue weighted by atomic mass is 16.5. The van der Waals surface area contributed by atoms with Gasteiger partial charge in [-0.2, -0.15) is 0 Å². The fourth-order valence-electron chi connectivity index (χ4n) is 3.20. The average molecular weight is 281 g/mol. The SMILES string of the molecule is CCC[C@@H]1c2ccccc2OCN1[C@H](C)c1ccccc1. The summed E-state index contributed by atoms with van der Waals surface area (Å²) >= 11 is 0. The van der Waals surface area contributed by atoms with E-state index >= 15 is 0 Å². The molecule has 2 heteroatoms. The Morgan fingerprint density at radius 2 is 1.81 bits per heavy atom. The van der Waals surface area contributed by atoms with Crippen LogP contribution in [0.4, 0.5) is 0 Å². The second-order valence-corrected chi connectivity index (χ2v) is 5.72. The highest BCUT2D eigenvalue weighted by molar-refractivity contribution is 5.37. The molecule has 0 aliphatic carbocycles. The second-order valence-electron chi connectivity index (χ2n) is 5.72. The van der Waals surface area contributed by atoms with Crippen molar-refractivity contribution < 1.29 is 4.74 Å². The average Bonchev–Trinajstić information content (AvgIpc) is 2.55. The molecule has 0 saturated heterocycles. The number of para-hydroxylation sites is 1. The van der Waals surface area contributed by atoms with E-state index in [2.05, 4.69) is 73.3 Å². The van der Waals surface area contributed by atoms with Gasteiger partial charge in [-0.15, -0.1) is 0 Å². The molecule has 21 heavy (non-hydrogen) atoms. The highest BCUT2D eigenvalue weighted by Crippen LogP contribution is 2.40. The van der Waals surface area contributed by atoms with E-state index in [-0.39, 0.29) is 0 Å². The van der Waals surface area contributed by atoms with Crippen LogP contribution in [0, 0.1) is 0 Å². The Balaban J connectivity index is 1.92. The molecule has 0 amide bonds. The van der Waals surface area contributed by atoms with Gasteiger partial charge in [0.1, 0.15) is 12.5 Å². The smallest absolute Gasteiger partial charge is 0.143 e. The van der Waals surface area contributed by atoms with E-state index in [1.54, 1.807) is 0 Å². The highest BCUT2D eigenvalue weighted by Gasteiger charge is 2.31. The molecule has 1 heterocycles. The number of fused-ring (bicyclic) bond motifs is 1. The van der Waals surface area contributed by atoms with Crippen molar-refractivity contribution in [3.8, 4) is 5.75 Å². The number of rotatable bonds is 4. The number of benzene rings is 2. The number of nitrogens with zero attached hydrogens (tertiary/aromatic N) is 1. The molecule has 1 aliphatic heterocycles. The first kappa shape index (κ1) is 14.2. The zero-order valence-electron chi connectivity index (χ0n) is 12.8. The Labute approximate surface area is 127 Å². The zero-order chi connectivity index (χ0) is 14.7. The molecular weight excluding hydrogens is 258 g/mol. The summed E-state index contributed by atoms with van der Waals surface area (Å²) in [6.07, 6.45) is 2.34. The summed E-state index contributed by atoms with van der Waals surface area (Å²) in [5, 5.41) is 0. The Kier molecular flexibility index (Phi) is 4.26. The summed E-state index contributed by atoms with van der Waals surface area (Å²) < 4.78 is 5.98.